The van der Waals surface area contributed by atoms with Crippen molar-refractivity contribution in [2.75, 3.05) is 6.54 Å². The van der Waals surface area contributed by atoms with E-state index in [0.717, 1.165) is 29.2 Å². The number of halogens is 1. The molecule has 1 saturated heterocycles. The fourth-order valence-corrected chi connectivity index (χ4v) is 3.97. The second-order valence-corrected chi connectivity index (χ2v) is 7.18. The van der Waals surface area contributed by atoms with Gasteiger partial charge in [-0.1, -0.05) is 60.1 Å². The molecule has 4 heteroatoms. The van der Waals surface area contributed by atoms with Crippen LogP contribution < -0.4 is 5.73 Å². The first-order valence-electron chi connectivity index (χ1n) is 8.97. The molecule has 0 spiro atoms. The van der Waals surface area contributed by atoms with Crippen LogP contribution in [0.25, 0.3) is 0 Å². The molecular weight excluding hydrogens is 342 g/mol. The number of aromatic nitrogens is 1. The lowest BCUT2D eigenvalue weighted by Gasteiger charge is -2.48. The van der Waals surface area contributed by atoms with Crippen LogP contribution in [0.5, 0.6) is 0 Å². The van der Waals surface area contributed by atoms with Crippen LogP contribution in [0.2, 0.25) is 5.02 Å². The van der Waals surface area contributed by atoms with Gasteiger partial charge in [-0.3, -0.25) is 9.88 Å². The molecule has 0 bridgehead atoms. The molecule has 4 rings (SSSR count). The molecule has 0 radical (unpaired) electrons. The van der Waals surface area contributed by atoms with E-state index >= 15 is 0 Å². The van der Waals surface area contributed by atoms with Crippen LogP contribution in [0.4, 0.5) is 0 Å². The zero-order valence-corrected chi connectivity index (χ0v) is 15.3. The lowest BCUT2D eigenvalue weighted by molar-refractivity contribution is 0.0377. The highest BCUT2D eigenvalue weighted by Crippen LogP contribution is 2.39. The normalized spacial score (nSPS) is 19.5. The second-order valence-electron chi connectivity index (χ2n) is 6.74. The quantitative estimate of drug-likeness (QED) is 0.720. The van der Waals surface area contributed by atoms with Crippen LogP contribution in [0.1, 0.15) is 35.3 Å². The van der Waals surface area contributed by atoms with E-state index in [1.807, 2.05) is 42.6 Å². The largest absolute Gasteiger partial charge is 0.323 e. The van der Waals surface area contributed by atoms with Gasteiger partial charge in [0.15, 0.2) is 0 Å². The van der Waals surface area contributed by atoms with Crippen molar-refractivity contribution in [2.24, 2.45) is 5.73 Å². The van der Waals surface area contributed by atoms with E-state index in [-0.39, 0.29) is 18.1 Å². The van der Waals surface area contributed by atoms with Crippen molar-refractivity contribution in [3.63, 3.8) is 0 Å². The van der Waals surface area contributed by atoms with Gasteiger partial charge in [0, 0.05) is 29.8 Å². The highest BCUT2D eigenvalue weighted by Gasteiger charge is 2.39. The predicted octanol–water partition coefficient (Wildman–Crippen LogP) is 4.60. The molecule has 0 aliphatic carbocycles. The molecule has 1 fully saturated rings. The summed E-state index contributed by atoms with van der Waals surface area (Å²) in [6, 6.07) is 24.8. The fraction of sp³-hybridized carbons (Fsp3) is 0.227. The minimum atomic E-state index is -0.0719. The van der Waals surface area contributed by atoms with Crippen LogP contribution >= 0.6 is 11.6 Å². The van der Waals surface area contributed by atoms with Gasteiger partial charge in [-0.05, 0) is 41.8 Å². The van der Waals surface area contributed by atoms with Crippen molar-refractivity contribution in [1.82, 2.24) is 9.88 Å². The van der Waals surface area contributed by atoms with Gasteiger partial charge in [0.2, 0.25) is 0 Å². The molecule has 1 aromatic heterocycles. The van der Waals surface area contributed by atoms with Crippen molar-refractivity contribution >= 4 is 11.6 Å². The topological polar surface area (TPSA) is 42.1 Å². The first-order valence-corrected chi connectivity index (χ1v) is 9.34. The van der Waals surface area contributed by atoms with E-state index in [1.54, 1.807) is 0 Å². The Kier molecular flexibility index (Phi) is 5.02. The maximum Gasteiger partial charge on any atom is 0.0779 e. The van der Waals surface area contributed by atoms with Gasteiger partial charge in [-0.15, -0.1) is 0 Å². The second kappa shape index (κ2) is 7.58. The molecule has 1 aliphatic rings. The molecule has 2 N–H and O–H groups in total. The number of nitrogens with two attached hydrogens (primary N) is 1. The Morgan fingerprint density at radius 3 is 2.38 bits per heavy atom. The molecule has 26 heavy (non-hydrogen) atoms. The zero-order valence-electron chi connectivity index (χ0n) is 14.5. The summed E-state index contributed by atoms with van der Waals surface area (Å²) in [5.74, 6) is 0. The highest BCUT2D eigenvalue weighted by atomic mass is 35.5. The van der Waals surface area contributed by atoms with Crippen LogP contribution in [0, 0.1) is 0 Å². The van der Waals surface area contributed by atoms with Gasteiger partial charge in [0.05, 0.1) is 11.7 Å². The SMILES string of the molecule is N[C@H](c1cccc(Cl)c1)[C@H]1CCN1C(c1ccccc1)c1ccccn1. The van der Waals surface area contributed by atoms with E-state index in [2.05, 4.69) is 46.3 Å². The van der Waals surface area contributed by atoms with Crippen molar-refractivity contribution in [3.05, 3.63) is 101 Å². The first-order chi connectivity index (χ1) is 12.7. The van der Waals surface area contributed by atoms with E-state index in [4.69, 9.17) is 17.3 Å². The lowest BCUT2D eigenvalue weighted by atomic mass is 9.86. The first kappa shape index (κ1) is 17.2. The molecule has 3 atom stereocenters. The molecule has 1 aliphatic heterocycles. The van der Waals surface area contributed by atoms with Gasteiger partial charge in [-0.25, -0.2) is 0 Å². The summed E-state index contributed by atoms with van der Waals surface area (Å²) in [5, 5.41) is 0.730. The van der Waals surface area contributed by atoms with Gasteiger partial charge in [-0.2, -0.15) is 0 Å². The van der Waals surface area contributed by atoms with Crippen LogP contribution in [0.3, 0.4) is 0 Å². The summed E-state index contributed by atoms with van der Waals surface area (Å²) in [6.45, 7) is 1.01. The summed E-state index contributed by atoms with van der Waals surface area (Å²) in [5.41, 5.74) is 10.0. The van der Waals surface area contributed by atoms with Gasteiger partial charge in [0.1, 0.15) is 0 Å². The number of hydrogen-bond acceptors (Lipinski definition) is 3. The maximum absolute atomic E-state index is 6.63. The minimum Gasteiger partial charge on any atom is -0.323 e. The molecule has 0 saturated carbocycles. The highest BCUT2D eigenvalue weighted by molar-refractivity contribution is 6.30. The number of likely N-dealkylation sites (tertiary alicyclic amines) is 1. The summed E-state index contributed by atoms with van der Waals surface area (Å²) in [6.07, 6.45) is 2.93. The van der Waals surface area contributed by atoms with Crippen molar-refractivity contribution in [2.45, 2.75) is 24.5 Å². The average Bonchev–Trinajstić information content (AvgIpc) is 2.66. The van der Waals surface area contributed by atoms with E-state index in [9.17, 15) is 0 Å². The van der Waals surface area contributed by atoms with Crippen molar-refractivity contribution in [1.29, 1.82) is 0 Å². The fourth-order valence-electron chi connectivity index (χ4n) is 3.77. The standard InChI is InChI=1S/C22H22ClN3/c23-18-10-6-9-17(15-18)21(24)20-12-14-26(20)22(16-7-2-1-3-8-16)19-11-4-5-13-25-19/h1-11,13,15,20-22H,12,14,24H2/t20-,21-,22?/m1/s1. The van der Waals surface area contributed by atoms with Gasteiger partial charge < -0.3 is 5.73 Å². The van der Waals surface area contributed by atoms with Gasteiger partial charge in [0.25, 0.3) is 0 Å². The number of rotatable bonds is 5. The third-order valence-corrected chi connectivity index (χ3v) is 5.41. The number of hydrogen-bond donors (Lipinski definition) is 1. The van der Waals surface area contributed by atoms with Crippen LogP contribution in [0.15, 0.2) is 79.0 Å². The van der Waals surface area contributed by atoms with E-state index < -0.39 is 0 Å². The third-order valence-electron chi connectivity index (χ3n) is 5.17. The summed E-state index contributed by atoms with van der Waals surface area (Å²) < 4.78 is 0. The summed E-state index contributed by atoms with van der Waals surface area (Å²) >= 11 is 6.17. The maximum atomic E-state index is 6.63. The van der Waals surface area contributed by atoms with Gasteiger partial charge >= 0.3 is 0 Å². The Morgan fingerprint density at radius 2 is 1.73 bits per heavy atom. The van der Waals surface area contributed by atoms with Crippen LogP contribution in [-0.4, -0.2) is 22.5 Å². The molecule has 2 heterocycles. The Hall–Kier alpha value is -2.20. The molecule has 132 valence electrons. The smallest absolute Gasteiger partial charge is 0.0779 e. The molecule has 3 aromatic rings. The number of pyridine rings is 1. The van der Waals surface area contributed by atoms with E-state index in [1.165, 1.54) is 5.56 Å². The van der Waals surface area contributed by atoms with Crippen molar-refractivity contribution < 1.29 is 0 Å². The Morgan fingerprint density at radius 1 is 0.962 bits per heavy atom. The predicted molar refractivity (Wildman–Crippen MR) is 106 cm³/mol. The molecule has 2 aromatic carbocycles. The third kappa shape index (κ3) is 3.38. The Bertz CT molecular complexity index is 814. The van der Waals surface area contributed by atoms with Crippen molar-refractivity contribution in [3.8, 4) is 0 Å². The molecule has 0 amide bonds. The number of benzene rings is 2. The summed E-state index contributed by atoms with van der Waals surface area (Å²) in [7, 11) is 0. The zero-order chi connectivity index (χ0) is 17.9. The number of nitrogens with zero attached hydrogens (tertiary/aromatic N) is 2. The monoisotopic (exact) mass is 363 g/mol. The van der Waals surface area contributed by atoms with E-state index in [0.29, 0.717) is 0 Å². The Balaban J connectivity index is 1.66. The molecular formula is C22H22ClN3. The molecule has 1 unspecified atom stereocenters. The minimum absolute atomic E-state index is 0.0719. The average molecular weight is 364 g/mol. The molecule has 3 nitrogen and oxygen atoms in total. The van der Waals surface area contributed by atoms with Crippen LogP contribution in [-0.2, 0) is 0 Å². The summed E-state index contributed by atoms with van der Waals surface area (Å²) in [4.78, 5) is 7.10. The lowest BCUT2D eigenvalue weighted by Crippen LogP contribution is -2.54. The Labute approximate surface area is 159 Å².